The third-order valence-electron chi connectivity index (χ3n) is 3.97. The van der Waals surface area contributed by atoms with Gasteiger partial charge in [-0.3, -0.25) is 4.99 Å². The molecule has 25 heavy (non-hydrogen) atoms. The summed E-state index contributed by atoms with van der Waals surface area (Å²) in [4.78, 5) is 18.8. The van der Waals surface area contributed by atoms with Gasteiger partial charge in [-0.25, -0.2) is 4.79 Å². The van der Waals surface area contributed by atoms with Crippen LogP contribution >= 0.6 is 15.9 Å². The Balaban J connectivity index is 1.88. The van der Waals surface area contributed by atoms with Crippen molar-refractivity contribution in [2.24, 2.45) is 4.99 Å². The van der Waals surface area contributed by atoms with Gasteiger partial charge in [0.05, 0.1) is 37.3 Å². The molecule has 1 heterocycles. The van der Waals surface area contributed by atoms with E-state index in [4.69, 9.17) is 9.47 Å². The van der Waals surface area contributed by atoms with Crippen LogP contribution in [0.2, 0.25) is 0 Å². The lowest BCUT2D eigenvalue weighted by Gasteiger charge is -2.30. The standard InChI is InChI=1S/C19H19BrN2O3/c1-24-19(23)17-12-16(21-13-14-2-4-15(20)5-3-14)6-7-18(17)22-8-10-25-11-9-22/h2-7,12-13H,8-11H2,1H3. The van der Waals surface area contributed by atoms with Crippen molar-refractivity contribution in [3.8, 4) is 0 Å². The van der Waals surface area contributed by atoms with Gasteiger partial charge in [0.1, 0.15) is 0 Å². The van der Waals surface area contributed by atoms with E-state index >= 15 is 0 Å². The fourth-order valence-electron chi connectivity index (χ4n) is 2.66. The van der Waals surface area contributed by atoms with Crippen LogP contribution in [-0.2, 0) is 9.47 Å². The summed E-state index contributed by atoms with van der Waals surface area (Å²) in [7, 11) is 1.39. The third-order valence-corrected chi connectivity index (χ3v) is 4.50. The molecule has 0 amide bonds. The van der Waals surface area contributed by atoms with Crippen LogP contribution in [0.5, 0.6) is 0 Å². The van der Waals surface area contributed by atoms with E-state index in [0.29, 0.717) is 24.5 Å². The molecule has 0 saturated carbocycles. The van der Waals surface area contributed by atoms with Crippen LogP contribution in [0.15, 0.2) is 51.9 Å². The molecular formula is C19H19BrN2O3. The first kappa shape index (κ1) is 17.6. The van der Waals surface area contributed by atoms with Crippen LogP contribution in [0, 0.1) is 0 Å². The second kappa shape index (κ2) is 8.27. The number of ether oxygens (including phenoxy) is 2. The number of morpholine rings is 1. The molecule has 0 radical (unpaired) electrons. The van der Waals surface area contributed by atoms with Crippen molar-refractivity contribution < 1.29 is 14.3 Å². The molecule has 0 unspecified atom stereocenters. The summed E-state index contributed by atoms with van der Waals surface area (Å²) < 4.78 is 11.3. The Hall–Kier alpha value is -2.18. The maximum atomic E-state index is 12.2. The molecule has 0 bridgehead atoms. The minimum atomic E-state index is -0.359. The Morgan fingerprint density at radius 2 is 1.92 bits per heavy atom. The monoisotopic (exact) mass is 402 g/mol. The number of carbonyl (C=O) groups excluding carboxylic acids is 1. The van der Waals surface area contributed by atoms with Gasteiger partial charge in [0, 0.05) is 23.8 Å². The number of esters is 1. The van der Waals surface area contributed by atoms with E-state index in [1.807, 2.05) is 36.4 Å². The van der Waals surface area contributed by atoms with Crippen molar-refractivity contribution in [3.05, 3.63) is 58.1 Å². The molecule has 0 atom stereocenters. The summed E-state index contributed by atoms with van der Waals surface area (Å²) >= 11 is 3.41. The fraction of sp³-hybridized carbons (Fsp3) is 0.263. The van der Waals surface area contributed by atoms with Gasteiger partial charge in [-0.1, -0.05) is 28.1 Å². The van der Waals surface area contributed by atoms with Crippen molar-refractivity contribution in [2.45, 2.75) is 0 Å². The zero-order valence-electron chi connectivity index (χ0n) is 13.9. The van der Waals surface area contributed by atoms with Crippen LogP contribution in [0.3, 0.4) is 0 Å². The molecule has 2 aromatic rings. The lowest BCUT2D eigenvalue weighted by atomic mass is 10.1. The molecule has 0 N–H and O–H groups in total. The number of carbonyl (C=O) groups is 1. The zero-order valence-corrected chi connectivity index (χ0v) is 15.5. The molecule has 1 aliphatic rings. The Kier molecular flexibility index (Phi) is 5.83. The lowest BCUT2D eigenvalue weighted by Crippen LogP contribution is -2.37. The Bertz CT molecular complexity index is 769. The summed E-state index contributed by atoms with van der Waals surface area (Å²) in [6.07, 6.45) is 1.78. The van der Waals surface area contributed by atoms with E-state index in [-0.39, 0.29) is 5.97 Å². The number of benzene rings is 2. The normalized spacial score (nSPS) is 14.7. The second-order valence-corrected chi connectivity index (χ2v) is 6.52. The molecule has 1 aliphatic heterocycles. The van der Waals surface area contributed by atoms with Crippen molar-refractivity contribution in [1.82, 2.24) is 0 Å². The van der Waals surface area contributed by atoms with E-state index in [2.05, 4.69) is 25.8 Å². The summed E-state index contributed by atoms with van der Waals surface area (Å²) in [5.74, 6) is -0.359. The highest BCUT2D eigenvalue weighted by Crippen LogP contribution is 2.27. The van der Waals surface area contributed by atoms with Gasteiger partial charge in [0.15, 0.2) is 0 Å². The first-order valence-corrected chi connectivity index (χ1v) is 8.81. The highest BCUT2D eigenvalue weighted by atomic mass is 79.9. The van der Waals surface area contributed by atoms with Gasteiger partial charge in [-0.2, -0.15) is 0 Å². The van der Waals surface area contributed by atoms with Crippen molar-refractivity contribution in [1.29, 1.82) is 0 Å². The number of hydrogen-bond acceptors (Lipinski definition) is 5. The van der Waals surface area contributed by atoms with E-state index in [9.17, 15) is 4.79 Å². The number of anilines is 1. The van der Waals surface area contributed by atoms with Gasteiger partial charge in [-0.15, -0.1) is 0 Å². The van der Waals surface area contributed by atoms with Crippen molar-refractivity contribution in [3.63, 3.8) is 0 Å². The zero-order chi connectivity index (χ0) is 17.6. The summed E-state index contributed by atoms with van der Waals surface area (Å²) in [5, 5.41) is 0. The molecule has 0 aliphatic carbocycles. The number of methoxy groups -OCH3 is 1. The highest BCUT2D eigenvalue weighted by molar-refractivity contribution is 9.10. The maximum absolute atomic E-state index is 12.2. The molecule has 2 aromatic carbocycles. The average Bonchev–Trinajstić information content (AvgIpc) is 2.67. The molecule has 1 saturated heterocycles. The molecular weight excluding hydrogens is 384 g/mol. The van der Waals surface area contributed by atoms with Gasteiger partial charge < -0.3 is 14.4 Å². The number of halogens is 1. The van der Waals surface area contributed by atoms with Crippen molar-refractivity contribution >= 4 is 39.5 Å². The van der Waals surface area contributed by atoms with E-state index in [1.54, 1.807) is 12.3 Å². The minimum absolute atomic E-state index is 0.359. The molecule has 0 spiro atoms. The molecule has 5 nitrogen and oxygen atoms in total. The average molecular weight is 403 g/mol. The number of hydrogen-bond donors (Lipinski definition) is 0. The predicted octanol–water partition coefficient (Wildman–Crippen LogP) is 3.82. The summed E-state index contributed by atoms with van der Waals surface area (Å²) in [6, 6.07) is 13.5. The number of rotatable bonds is 4. The topological polar surface area (TPSA) is 51.1 Å². The highest BCUT2D eigenvalue weighted by Gasteiger charge is 2.19. The largest absolute Gasteiger partial charge is 0.465 e. The Labute approximate surface area is 155 Å². The van der Waals surface area contributed by atoms with Crippen molar-refractivity contribution in [2.75, 3.05) is 38.3 Å². The Morgan fingerprint density at radius 1 is 1.20 bits per heavy atom. The van der Waals surface area contributed by atoms with Gasteiger partial charge in [0.25, 0.3) is 0 Å². The van der Waals surface area contributed by atoms with Crippen LogP contribution in [-0.4, -0.2) is 45.6 Å². The van der Waals surface area contributed by atoms with E-state index < -0.39 is 0 Å². The van der Waals surface area contributed by atoms with Crippen LogP contribution in [0.4, 0.5) is 11.4 Å². The summed E-state index contributed by atoms with van der Waals surface area (Å²) in [5.41, 5.74) is 3.08. The predicted molar refractivity (Wildman–Crippen MR) is 102 cm³/mol. The number of aliphatic imine (C=N–C) groups is 1. The molecule has 1 fully saturated rings. The first-order valence-electron chi connectivity index (χ1n) is 8.02. The van der Waals surface area contributed by atoms with Crippen LogP contribution in [0.1, 0.15) is 15.9 Å². The SMILES string of the molecule is COC(=O)c1cc(N=Cc2ccc(Br)cc2)ccc1N1CCOCC1. The van der Waals surface area contributed by atoms with Gasteiger partial charge in [0.2, 0.25) is 0 Å². The summed E-state index contributed by atoms with van der Waals surface area (Å²) in [6.45, 7) is 2.82. The first-order chi connectivity index (χ1) is 12.2. The number of nitrogens with zero attached hydrogens (tertiary/aromatic N) is 2. The molecule has 3 rings (SSSR count). The Morgan fingerprint density at radius 3 is 2.60 bits per heavy atom. The fourth-order valence-corrected chi connectivity index (χ4v) is 2.92. The van der Waals surface area contributed by atoms with E-state index in [1.165, 1.54) is 7.11 Å². The smallest absolute Gasteiger partial charge is 0.340 e. The maximum Gasteiger partial charge on any atom is 0.340 e. The van der Waals surface area contributed by atoms with Gasteiger partial charge in [-0.05, 0) is 35.9 Å². The minimum Gasteiger partial charge on any atom is -0.465 e. The molecule has 6 heteroatoms. The quantitative estimate of drug-likeness (QED) is 0.575. The van der Waals surface area contributed by atoms with Crippen LogP contribution in [0.25, 0.3) is 0 Å². The molecule has 0 aromatic heterocycles. The van der Waals surface area contributed by atoms with E-state index in [0.717, 1.165) is 28.8 Å². The second-order valence-electron chi connectivity index (χ2n) is 5.60. The van der Waals surface area contributed by atoms with Crippen LogP contribution < -0.4 is 4.90 Å². The third kappa shape index (κ3) is 4.46. The van der Waals surface area contributed by atoms with Gasteiger partial charge >= 0.3 is 5.97 Å². The molecule has 130 valence electrons. The lowest BCUT2D eigenvalue weighted by molar-refractivity contribution is 0.0600.